The molecule has 0 saturated carbocycles. The fraction of sp³-hybridized carbons (Fsp3) is 0.235. The van der Waals surface area contributed by atoms with Crippen LogP contribution in [0.3, 0.4) is 0 Å². The van der Waals surface area contributed by atoms with Crippen LogP contribution in [0.4, 0.5) is 4.39 Å². The van der Waals surface area contributed by atoms with Crippen molar-refractivity contribution in [2.45, 2.75) is 20.1 Å². The third kappa shape index (κ3) is 2.74. The van der Waals surface area contributed by atoms with Crippen molar-refractivity contribution >= 4 is 0 Å². The molecule has 4 rings (SSSR count). The van der Waals surface area contributed by atoms with Gasteiger partial charge in [0, 0.05) is 16.7 Å². The van der Waals surface area contributed by atoms with Gasteiger partial charge in [-0.25, -0.2) is 4.39 Å². The molecule has 0 aliphatic carbocycles. The minimum Gasteiger partial charge on any atom is -0.467 e. The molecule has 0 N–H and O–H groups in total. The fourth-order valence-corrected chi connectivity index (χ4v) is 2.77. The summed E-state index contributed by atoms with van der Waals surface area (Å²) in [5, 5.41) is 12.6. The van der Waals surface area contributed by atoms with Crippen molar-refractivity contribution in [3.63, 3.8) is 0 Å². The van der Waals surface area contributed by atoms with Gasteiger partial charge in [-0.15, -0.1) is 10.2 Å². The molecule has 6 nitrogen and oxygen atoms in total. The molecule has 24 heavy (non-hydrogen) atoms. The summed E-state index contributed by atoms with van der Waals surface area (Å²) in [7, 11) is 0. The van der Waals surface area contributed by atoms with Gasteiger partial charge >= 0.3 is 0 Å². The Morgan fingerprint density at radius 1 is 1.25 bits per heavy atom. The molecule has 2 aromatic carbocycles. The average Bonchev–Trinajstić information content (AvgIpc) is 3.03. The van der Waals surface area contributed by atoms with E-state index in [9.17, 15) is 4.39 Å². The molecule has 0 spiro atoms. The largest absolute Gasteiger partial charge is 0.467 e. The zero-order chi connectivity index (χ0) is 16.5. The number of benzene rings is 2. The normalized spacial score (nSPS) is 13.4. The average molecular weight is 326 g/mol. The Labute approximate surface area is 137 Å². The van der Waals surface area contributed by atoms with E-state index in [1.54, 1.807) is 0 Å². The molecule has 1 aliphatic heterocycles. The number of fused-ring (bicyclic) bond motifs is 1. The number of tetrazole rings is 1. The summed E-state index contributed by atoms with van der Waals surface area (Å²) in [4.78, 5) is 1.44. The van der Waals surface area contributed by atoms with E-state index >= 15 is 0 Å². The topological polar surface area (TPSA) is 62.1 Å². The van der Waals surface area contributed by atoms with E-state index in [2.05, 4.69) is 15.4 Å². The van der Waals surface area contributed by atoms with E-state index in [1.165, 1.54) is 16.9 Å². The summed E-state index contributed by atoms with van der Waals surface area (Å²) < 4.78 is 24.5. The van der Waals surface area contributed by atoms with Gasteiger partial charge in [0.2, 0.25) is 5.82 Å². The van der Waals surface area contributed by atoms with Crippen LogP contribution in [0.25, 0.3) is 11.4 Å². The van der Waals surface area contributed by atoms with Gasteiger partial charge < -0.3 is 9.47 Å². The maximum Gasteiger partial charge on any atom is 0.205 e. The first kappa shape index (κ1) is 14.8. The number of rotatable bonds is 3. The molecule has 1 aliphatic rings. The highest BCUT2D eigenvalue weighted by Gasteiger charge is 2.18. The van der Waals surface area contributed by atoms with Crippen molar-refractivity contribution in [3.8, 4) is 17.1 Å². The van der Waals surface area contributed by atoms with Crippen molar-refractivity contribution in [2.75, 3.05) is 6.79 Å². The van der Waals surface area contributed by atoms with Crippen molar-refractivity contribution in [1.82, 2.24) is 20.2 Å². The van der Waals surface area contributed by atoms with E-state index in [4.69, 9.17) is 9.47 Å². The third-order valence-corrected chi connectivity index (χ3v) is 3.90. The smallest absolute Gasteiger partial charge is 0.205 e. The first-order chi connectivity index (χ1) is 11.7. The molecule has 1 aromatic heterocycles. The summed E-state index contributed by atoms with van der Waals surface area (Å²) in [5.41, 5.74) is 3.35. The van der Waals surface area contributed by atoms with E-state index < -0.39 is 0 Å². The van der Waals surface area contributed by atoms with Crippen molar-refractivity contribution in [2.24, 2.45) is 0 Å². The Hall–Kier alpha value is -2.80. The van der Waals surface area contributed by atoms with Crippen LogP contribution >= 0.6 is 0 Å². The van der Waals surface area contributed by atoms with Crippen molar-refractivity contribution < 1.29 is 13.9 Å². The lowest BCUT2D eigenvalue weighted by Gasteiger charge is -2.20. The molecule has 122 valence electrons. The SMILES string of the molecule is Cc1ccccc1-c1nnn(Cc2cc(F)cc3c2OCOC3)n1. The molecule has 3 aromatic rings. The second-order valence-electron chi connectivity index (χ2n) is 5.62. The number of halogens is 1. The number of aromatic nitrogens is 4. The van der Waals surface area contributed by atoms with Crippen molar-refractivity contribution in [3.05, 3.63) is 58.9 Å². The Morgan fingerprint density at radius 2 is 2.12 bits per heavy atom. The number of nitrogens with zero attached hydrogens (tertiary/aromatic N) is 4. The second-order valence-corrected chi connectivity index (χ2v) is 5.62. The maximum atomic E-state index is 13.8. The van der Waals surface area contributed by atoms with Gasteiger partial charge in [0.05, 0.1) is 13.2 Å². The van der Waals surface area contributed by atoms with E-state index in [0.717, 1.165) is 11.1 Å². The highest BCUT2D eigenvalue weighted by atomic mass is 19.1. The Bertz CT molecular complexity index is 894. The van der Waals surface area contributed by atoms with Crippen LogP contribution in [0.15, 0.2) is 36.4 Å². The van der Waals surface area contributed by atoms with Gasteiger partial charge in [0.25, 0.3) is 0 Å². The Balaban J connectivity index is 1.66. The van der Waals surface area contributed by atoms with Crippen LogP contribution in [0.1, 0.15) is 16.7 Å². The Kier molecular flexibility index (Phi) is 3.70. The minimum atomic E-state index is -0.336. The van der Waals surface area contributed by atoms with Gasteiger partial charge in [-0.05, 0) is 29.8 Å². The van der Waals surface area contributed by atoms with Crippen LogP contribution in [0, 0.1) is 12.7 Å². The number of hydrogen-bond donors (Lipinski definition) is 0. The lowest BCUT2D eigenvalue weighted by molar-refractivity contribution is -0.0173. The van der Waals surface area contributed by atoms with E-state index in [1.807, 2.05) is 31.2 Å². The highest BCUT2D eigenvalue weighted by molar-refractivity contribution is 5.58. The second kappa shape index (κ2) is 6.01. The summed E-state index contributed by atoms with van der Waals surface area (Å²) in [5.74, 6) is 0.845. The quantitative estimate of drug-likeness (QED) is 0.740. The first-order valence-corrected chi connectivity index (χ1v) is 7.56. The number of aryl methyl sites for hydroxylation is 1. The maximum absolute atomic E-state index is 13.8. The molecule has 2 heterocycles. The van der Waals surface area contributed by atoms with Gasteiger partial charge in [-0.2, -0.15) is 4.80 Å². The summed E-state index contributed by atoms with van der Waals surface area (Å²) in [6, 6.07) is 10.7. The molecule has 0 atom stereocenters. The number of hydrogen-bond acceptors (Lipinski definition) is 5. The molecule has 0 fully saturated rings. The van der Waals surface area contributed by atoms with Crippen LogP contribution < -0.4 is 4.74 Å². The zero-order valence-electron chi connectivity index (χ0n) is 13.1. The predicted octanol–water partition coefficient (Wildman–Crippen LogP) is 2.70. The van der Waals surface area contributed by atoms with Gasteiger partial charge in [0.15, 0.2) is 6.79 Å². The predicted molar refractivity (Wildman–Crippen MR) is 83.8 cm³/mol. The zero-order valence-corrected chi connectivity index (χ0v) is 13.1. The highest BCUT2D eigenvalue weighted by Crippen LogP contribution is 2.30. The fourth-order valence-electron chi connectivity index (χ4n) is 2.77. The lowest BCUT2D eigenvalue weighted by atomic mass is 10.1. The molecule has 0 unspecified atom stereocenters. The molecule has 0 bridgehead atoms. The Morgan fingerprint density at radius 3 is 3.00 bits per heavy atom. The molecule has 0 amide bonds. The van der Waals surface area contributed by atoms with Crippen LogP contribution in [-0.4, -0.2) is 27.0 Å². The van der Waals surface area contributed by atoms with E-state index in [-0.39, 0.29) is 19.2 Å². The summed E-state index contributed by atoms with van der Waals surface area (Å²) >= 11 is 0. The van der Waals surface area contributed by atoms with Crippen LogP contribution in [-0.2, 0) is 17.9 Å². The molecule has 7 heteroatoms. The van der Waals surface area contributed by atoms with Gasteiger partial charge in [-0.1, -0.05) is 24.3 Å². The van der Waals surface area contributed by atoms with Crippen molar-refractivity contribution in [1.29, 1.82) is 0 Å². The number of ether oxygens (including phenoxy) is 2. The lowest BCUT2D eigenvalue weighted by Crippen LogP contribution is -2.15. The molecular formula is C17H15FN4O2. The summed E-state index contributed by atoms with van der Waals surface area (Å²) in [6.45, 7) is 2.76. The van der Waals surface area contributed by atoms with Crippen LogP contribution in [0.2, 0.25) is 0 Å². The molecule has 0 radical (unpaired) electrons. The molecule has 0 saturated heterocycles. The monoisotopic (exact) mass is 326 g/mol. The third-order valence-electron chi connectivity index (χ3n) is 3.90. The first-order valence-electron chi connectivity index (χ1n) is 7.56. The van der Waals surface area contributed by atoms with Crippen LogP contribution in [0.5, 0.6) is 5.75 Å². The minimum absolute atomic E-state index is 0.158. The van der Waals surface area contributed by atoms with Gasteiger partial charge in [0.1, 0.15) is 11.6 Å². The van der Waals surface area contributed by atoms with E-state index in [0.29, 0.717) is 29.3 Å². The van der Waals surface area contributed by atoms with Gasteiger partial charge in [-0.3, -0.25) is 0 Å². The standard InChI is InChI=1S/C17H15FN4O2/c1-11-4-2-3-5-15(11)17-19-21-22(20-17)8-12-6-14(18)7-13-9-23-10-24-16(12)13/h2-7H,8-10H2,1H3. The molecular weight excluding hydrogens is 311 g/mol. The summed E-state index contributed by atoms with van der Waals surface area (Å²) in [6.07, 6.45) is 0.